The molecular weight excluding hydrogens is 146 g/mol. The van der Waals surface area contributed by atoms with E-state index in [4.69, 9.17) is 4.74 Å². The summed E-state index contributed by atoms with van der Waals surface area (Å²) >= 11 is 0. The van der Waals surface area contributed by atoms with Crippen molar-refractivity contribution in [3.05, 3.63) is 0 Å². The predicted molar refractivity (Wildman–Crippen MR) is 41.4 cm³/mol. The van der Waals surface area contributed by atoms with E-state index in [1.54, 1.807) is 7.11 Å². The lowest BCUT2D eigenvalue weighted by Crippen LogP contribution is -2.22. The third-order valence-electron chi connectivity index (χ3n) is 1.22. The first-order chi connectivity index (χ1) is 5.31. The van der Waals surface area contributed by atoms with Gasteiger partial charge in [0.25, 0.3) is 0 Å². The number of ether oxygens (including phenoxy) is 2. The molecule has 0 aromatic heterocycles. The predicted octanol–water partition coefficient (Wildman–Crippen LogP) is -0.215. The molecular formula is C7H15NO3. The molecule has 0 aromatic carbocycles. The minimum Gasteiger partial charge on any atom is -0.469 e. The molecule has 0 radical (unpaired) electrons. The number of hydrogen-bond acceptors (Lipinski definition) is 4. The second-order valence-electron chi connectivity index (χ2n) is 2.07. The molecule has 0 aliphatic rings. The molecule has 66 valence electrons. The topological polar surface area (TPSA) is 47.6 Å². The molecule has 0 fully saturated rings. The van der Waals surface area contributed by atoms with E-state index in [-0.39, 0.29) is 5.97 Å². The molecule has 4 heteroatoms. The van der Waals surface area contributed by atoms with E-state index in [0.717, 1.165) is 6.54 Å². The van der Waals surface area contributed by atoms with Crippen molar-refractivity contribution in [1.29, 1.82) is 0 Å². The first-order valence-corrected chi connectivity index (χ1v) is 3.57. The van der Waals surface area contributed by atoms with Gasteiger partial charge in [-0.05, 0) is 0 Å². The number of hydrogen-bond donors (Lipinski definition) is 1. The summed E-state index contributed by atoms with van der Waals surface area (Å²) in [6, 6.07) is 0. The molecule has 0 saturated heterocycles. The standard InChI is InChI=1S/C7H15NO3/c1-10-6-5-8-4-3-7(9)11-2/h8H,3-6H2,1-2H3. The van der Waals surface area contributed by atoms with Gasteiger partial charge in [-0.2, -0.15) is 0 Å². The van der Waals surface area contributed by atoms with E-state index in [2.05, 4.69) is 10.1 Å². The van der Waals surface area contributed by atoms with Crippen molar-refractivity contribution in [3.8, 4) is 0 Å². The molecule has 0 aliphatic heterocycles. The third-order valence-corrected chi connectivity index (χ3v) is 1.22. The highest BCUT2D eigenvalue weighted by molar-refractivity contribution is 5.69. The zero-order valence-corrected chi connectivity index (χ0v) is 7.05. The maximum atomic E-state index is 10.6. The van der Waals surface area contributed by atoms with Crippen molar-refractivity contribution in [2.75, 3.05) is 33.9 Å². The Kier molecular flexibility index (Phi) is 7.08. The lowest BCUT2D eigenvalue weighted by molar-refractivity contribution is -0.140. The van der Waals surface area contributed by atoms with Crippen molar-refractivity contribution in [2.45, 2.75) is 6.42 Å². The van der Waals surface area contributed by atoms with Crippen LogP contribution in [0.2, 0.25) is 0 Å². The van der Waals surface area contributed by atoms with Crippen molar-refractivity contribution in [3.63, 3.8) is 0 Å². The molecule has 11 heavy (non-hydrogen) atoms. The molecule has 4 nitrogen and oxygen atoms in total. The van der Waals surface area contributed by atoms with Gasteiger partial charge in [-0.1, -0.05) is 0 Å². The number of methoxy groups -OCH3 is 2. The molecule has 0 heterocycles. The molecule has 0 atom stereocenters. The zero-order valence-electron chi connectivity index (χ0n) is 7.05. The van der Waals surface area contributed by atoms with Crippen LogP contribution in [0, 0.1) is 0 Å². The summed E-state index contributed by atoms with van der Waals surface area (Å²) in [6.07, 6.45) is 0.417. The van der Waals surface area contributed by atoms with Crippen LogP contribution in [0.25, 0.3) is 0 Å². The summed E-state index contributed by atoms with van der Waals surface area (Å²) in [7, 11) is 3.03. The molecule has 0 aliphatic carbocycles. The Morgan fingerprint density at radius 3 is 2.64 bits per heavy atom. The van der Waals surface area contributed by atoms with Gasteiger partial charge < -0.3 is 14.8 Å². The molecule has 0 bridgehead atoms. The Morgan fingerprint density at radius 2 is 2.09 bits per heavy atom. The van der Waals surface area contributed by atoms with Crippen LogP contribution in [0.1, 0.15) is 6.42 Å². The number of nitrogens with one attached hydrogen (secondary N) is 1. The lowest BCUT2D eigenvalue weighted by Gasteiger charge is -2.01. The minimum atomic E-state index is -0.185. The van der Waals surface area contributed by atoms with Crippen LogP contribution < -0.4 is 5.32 Å². The Balaban J connectivity index is 2.95. The first-order valence-electron chi connectivity index (χ1n) is 3.57. The van der Waals surface area contributed by atoms with Gasteiger partial charge in [-0.3, -0.25) is 4.79 Å². The molecule has 0 aromatic rings. The third kappa shape index (κ3) is 7.29. The second kappa shape index (κ2) is 7.50. The van der Waals surface area contributed by atoms with Gasteiger partial charge in [0.05, 0.1) is 20.1 Å². The summed E-state index contributed by atoms with van der Waals surface area (Å²) in [5.74, 6) is -0.185. The smallest absolute Gasteiger partial charge is 0.306 e. The zero-order chi connectivity index (χ0) is 8.53. The second-order valence-corrected chi connectivity index (χ2v) is 2.07. The highest BCUT2D eigenvalue weighted by Crippen LogP contribution is 1.80. The largest absolute Gasteiger partial charge is 0.469 e. The fraction of sp³-hybridized carbons (Fsp3) is 0.857. The summed E-state index contributed by atoms with van der Waals surface area (Å²) in [5, 5.41) is 3.03. The van der Waals surface area contributed by atoms with Crippen LogP contribution in [0.3, 0.4) is 0 Å². The fourth-order valence-electron chi connectivity index (χ4n) is 0.592. The van der Waals surface area contributed by atoms with Crippen LogP contribution in [-0.4, -0.2) is 39.9 Å². The number of carbonyl (C=O) groups excluding carboxylic acids is 1. The van der Waals surface area contributed by atoms with Crippen molar-refractivity contribution in [1.82, 2.24) is 5.32 Å². The van der Waals surface area contributed by atoms with E-state index < -0.39 is 0 Å². The van der Waals surface area contributed by atoms with Gasteiger partial charge in [0, 0.05) is 20.2 Å². The van der Waals surface area contributed by atoms with Gasteiger partial charge in [0.1, 0.15) is 0 Å². The molecule has 0 amide bonds. The number of carbonyl (C=O) groups is 1. The molecule has 0 rings (SSSR count). The average molecular weight is 161 g/mol. The summed E-state index contributed by atoms with van der Waals surface area (Å²) in [6.45, 7) is 2.09. The Labute approximate surface area is 66.9 Å². The first kappa shape index (κ1) is 10.4. The van der Waals surface area contributed by atoms with Crippen LogP contribution in [0.4, 0.5) is 0 Å². The van der Waals surface area contributed by atoms with E-state index in [1.165, 1.54) is 7.11 Å². The van der Waals surface area contributed by atoms with Gasteiger partial charge in [-0.25, -0.2) is 0 Å². The van der Waals surface area contributed by atoms with Gasteiger partial charge in [0.2, 0.25) is 0 Å². The van der Waals surface area contributed by atoms with E-state index in [0.29, 0.717) is 19.6 Å². The van der Waals surface area contributed by atoms with Gasteiger partial charge in [-0.15, -0.1) is 0 Å². The van der Waals surface area contributed by atoms with E-state index in [9.17, 15) is 4.79 Å². The highest BCUT2D eigenvalue weighted by atomic mass is 16.5. The van der Waals surface area contributed by atoms with Crippen LogP contribution in [0.5, 0.6) is 0 Å². The summed E-state index contributed by atoms with van der Waals surface area (Å²) < 4.78 is 9.24. The molecule has 0 unspecified atom stereocenters. The average Bonchev–Trinajstić information content (AvgIpc) is 2.04. The van der Waals surface area contributed by atoms with Gasteiger partial charge in [0.15, 0.2) is 0 Å². The van der Waals surface area contributed by atoms with E-state index >= 15 is 0 Å². The molecule has 1 N–H and O–H groups in total. The maximum absolute atomic E-state index is 10.6. The van der Waals surface area contributed by atoms with Crippen LogP contribution >= 0.6 is 0 Å². The van der Waals surface area contributed by atoms with Crippen molar-refractivity contribution >= 4 is 5.97 Å². The Morgan fingerprint density at radius 1 is 1.36 bits per heavy atom. The molecule has 0 spiro atoms. The summed E-state index contributed by atoms with van der Waals surface area (Å²) in [5.41, 5.74) is 0. The Hall–Kier alpha value is -0.610. The van der Waals surface area contributed by atoms with Crippen LogP contribution in [0.15, 0.2) is 0 Å². The summed E-state index contributed by atoms with van der Waals surface area (Å²) in [4.78, 5) is 10.6. The SMILES string of the molecule is COCCNCCC(=O)OC. The van der Waals surface area contributed by atoms with Crippen molar-refractivity contribution in [2.24, 2.45) is 0 Å². The number of esters is 1. The minimum absolute atomic E-state index is 0.185. The van der Waals surface area contributed by atoms with Crippen LogP contribution in [-0.2, 0) is 14.3 Å². The molecule has 0 saturated carbocycles. The highest BCUT2D eigenvalue weighted by Gasteiger charge is 1.97. The van der Waals surface area contributed by atoms with Crippen molar-refractivity contribution < 1.29 is 14.3 Å². The number of rotatable bonds is 6. The Bertz CT molecular complexity index is 106. The van der Waals surface area contributed by atoms with E-state index in [1.807, 2.05) is 0 Å². The quantitative estimate of drug-likeness (QED) is 0.432. The normalized spacial score (nSPS) is 9.64. The lowest BCUT2D eigenvalue weighted by atomic mass is 10.4. The fourth-order valence-corrected chi connectivity index (χ4v) is 0.592. The van der Waals surface area contributed by atoms with Gasteiger partial charge >= 0.3 is 5.97 Å². The maximum Gasteiger partial charge on any atom is 0.306 e. The monoisotopic (exact) mass is 161 g/mol.